The van der Waals surface area contributed by atoms with E-state index < -0.39 is 0 Å². The van der Waals surface area contributed by atoms with Gasteiger partial charge < -0.3 is 14.7 Å². The Kier molecular flexibility index (Phi) is 7.33. The van der Waals surface area contributed by atoms with Crippen LogP contribution in [0.4, 0.5) is 0 Å². The molecule has 0 atom stereocenters. The van der Waals surface area contributed by atoms with Crippen molar-refractivity contribution >= 4 is 11.8 Å². The van der Waals surface area contributed by atoms with Crippen molar-refractivity contribution in [2.45, 2.75) is 47.5 Å². The second-order valence-corrected chi connectivity index (χ2v) is 7.28. The van der Waals surface area contributed by atoms with Crippen molar-refractivity contribution in [3.8, 4) is 0 Å². The maximum Gasteiger partial charge on any atom is 0.223 e. The van der Waals surface area contributed by atoms with Crippen LogP contribution in [0, 0.1) is 5.41 Å². The molecule has 0 aliphatic carbocycles. The molecule has 0 N–H and O–H groups in total. The van der Waals surface area contributed by atoms with E-state index in [2.05, 4.69) is 39.5 Å². The van der Waals surface area contributed by atoms with E-state index in [4.69, 9.17) is 0 Å². The van der Waals surface area contributed by atoms with E-state index in [1.165, 1.54) is 0 Å². The van der Waals surface area contributed by atoms with Crippen LogP contribution in [-0.4, -0.2) is 72.3 Å². The lowest BCUT2D eigenvalue weighted by molar-refractivity contribution is -0.140. The Morgan fingerprint density at radius 2 is 1.36 bits per heavy atom. The molecule has 0 saturated carbocycles. The highest BCUT2D eigenvalue weighted by Gasteiger charge is 2.26. The molecule has 2 amide bonds. The van der Waals surface area contributed by atoms with Gasteiger partial charge in [-0.2, -0.15) is 0 Å². The summed E-state index contributed by atoms with van der Waals surface area (Å²) < 4.78 is 0. The zero-order chi connectivity index (χ0) is 16.8. The molecule has 0 radical (unpaired) electrons. The van der Waals surface area contributed by atoms with Gasteiger partial charge in [0.05, 0.1) is 0 Å². The lowest BCUT2D eigenvalue weighted by Crippen LogP contribution is -2.51. The van der Waals surface area contributed by atoms with Crippen LogP contribution in [0.25, 0.3) is 0 Å². The molecule has 22 heavy (non-hydrogen) atoms. The first-order valence-electron chi connectivity index (χ1n) is 8.54. The third-order valence-electron chi connectivity index (χ3n) is 4.20. The highest BCUT2D eigenvalue weighted by atomic mass is 16.2. The van der Waals surface area contributed by atoms with Crippen LogP contribution in [0.15, 0.2) is 0 Å². The number of amides is 2. The van der Waals surface area contributed by atoms with Crippen LogP contribution >= 0.6 is 0 Å². The van der Waals surface area contributed by atoms with Gasteiger partial charge in [-0.3, -0.25) is 9.59 Å². The first-order valence-corrected chi connectivity index (χ1v) is 8.54. The van der Waals surface area contributed by atoms with E-state index in [1.54, 1.807) is 0 Å². The second kappa shape index (κ2) is 8.51. The summed E-state index contributed by atoms with van der Waals surface area (Å²) in [6, 6.07) is 0. The van der Waals surface area contributed by atoms with Gasteiger partial charge in [0.25, 0.3) is 0 Å². The second-order valence-electron chi connectivity index (χ2n) is 7.28. The van der Waals surface area contributed by atoms with Gasteiger partial charge in [0, 0.05) is 45.6 Å². The minimum Gasteiger partial charge on any atom is -0.339 e. The average molecular weight is 311 g/mol. The molecular weight excluding hydrogens is 278 g/mol. The van der Waals surface area contributed by atoms with E-state index in [0.717, 1.165) is 19.6 Å². The van der Waals surface area contributed by atoms with Gasteiger partial charge in [0.1, 0.15) is 0 Å². The van der Waals surface area contributed by atoms with E-state index in [9.17, 15) is 9.59 Å². The third kappa shape index (κ3) is 6.34. The molecule has 1 saturated heterocycles. The van der Waals surface area contributed by atoms with Crippen molar-refractivity contribution in [2.75, 3.05) is 45.8 Å². The molecule has 0 spiro atoms. The SMILES string of the molecule is CCN(CC)CCC(=O)N1CCN(C(=O)CC(C)(C)C)CC1. The van der Waals surface area contributed by atoms with E-state index in [-0.39, 0.29) is 17.2 Å². The Morgan fingerprint density at radius 1 is 0.909 bits per heavy atom. The molecule has 1 rings (SSSR count). The maximum atomic E-state index is 12.2. The summed E-state index contributed by atoms with van der Waals surface area (Å²) in [7, 11) is 0. The van der Waals surface area contributed by atoms with Gasteiger partial charge in [0.15, 0.2) is 0 Å². The molecule has 5 nitrogen and oxygen atoms in total. The number of hydrogen-bond acceptors (Lipinski definition) is 3. The van der Waals surface area contributed by atoms with Crippen molar-refractivity contribution in [1.29, 1.82) is 0 Å². The summed E-state index contributed by atoms with van der Waals surface area (Å²) in [4.78, 5) is 30.5. The molecule has 1 aliphatic rings. The van der Waals surface area contributed by atoms with Crippen LogP contribution in [0.1, 0.15) is 47.5 Å². The fourth-order valence-electron chi connectivity index (χ4n) is 2.72. The molecule has 1 aliphatic heterocycles. The quantitative estimate of drug-likeness (QED) is 0.751. The lowest BCUT2D eigenvalue weighted by Gasteiger charge is -2.36. The van der Waals surface area contributed by atoms with Gasteiger partial charge in [-0.05, 0) is 18.5 Å². The van der Waals surface area contributed by atoms with Crippen LogP contribution in [0.5, 0.6) is 0 Å². The van der Waals surface area contributed by atoms with Crippen LogP contribution < -0.4 is 0 Å². The third-order valence-corrected chi connectivity index (χ3v) is 4.20. The minimum absolute atomic E-state index is 0.0216. The predicted molar refractivity (Wildman–Crippen MR) is 89.6 cm³/mol. The monoisotopic (exact) mass is 311 g/mol. The van der Waals surface area contributed by atoms with Gasteiger partial charge in [0.2, 0.25) is 11.8 Å². The van der Waals surface area contributed by atoms with Crippen molar-refractivity contribution in [1.82, 2.24) is 14.7 Å². The molecule has 5 heteroatoms. The van der Waals surface area contributed by atoms with Crippen LogP contribution in [0.2, 0.25) is 0 Å². The van der Waals surface area contributed by atoms with Gasteiger partial charge in [-0.15, -0.1) is 0 Å². The topological polar surface area (TPSA) is 43.9 Å². The maximum absolute atomic E-state index is 12.2. The highest BCUT2D eigenvalue weighted by molar-refractivity contribution is 5.78. The molecule has 0 aromatic heterocycles. The number of rotatable bonds is 6. The zero-order valence-electron chi connectivity index (χ0n) is 15.0. The number of carbonyl (C=O) groups excluding carboxylic acids is 2. The number of piperazine rings is 1. The van der Waals surface area contributed by atoms with E-state index in [0.29, 0.717) is 39.0 Å². The van der Waals surface area contributed by atoms with Gasteiger partial charge in [-0.1, -0.05) is 34.6 Å². The highest BCUT2D eigenvalue weighted by Crippen LogP contribution is 2.20. The van der Waals surface area contributed by atoms with Crippen molar-refractivity contribution < 1.29 is 9.59 Å². The summed E-state index contributed by atoms with van der Waals surface area (Å²) in [5.41, 5.74) is 0.0216. The van der Waals surface area contributed by atoms with Crippen molar-refractivity contribution in [2.24, 2.45) is 5.41 Å². The van der Waals surface area contributed by atoms with Gasteiger partial charge >= 0.3 is 0 Å². The summed E-state index contributed by atoms with van der Waals surface area (Å²) in [6.07, 6.45) is 1.15. The Balaban J connectivity index is 2.35. The van der Waals surface area contributed by atoms with E-state index >= 15 is 0 Å². The Hall–Kier alpha value is -1.10. The molecule has 128 valence electrons. The fraction of sp³-hybridized carbons (Fsp3) is 0.882. The molecule has 0 bridgehead atoms. The summed E-state index contributed by atoms with van der Waals surface area (Å²) in [6.45, 7) is 16.0. The molecule has 1 fully saturated rings. The van der Waals surface area contributed by atoms with Crippen LogP contribution in [-0.2, 0) is 9.59 Å². The predicted octanol–water partition coefficient (Wildman–Crippen LogP) is 1.83. The smallest absolute Gasteiger partial charge is 0.223 e. The molecule has 1 heterocycles. The fourth-order valence-corrected chi connectivity index (χ4v) is 2.72. The Morgan fingerprint density at radius 3 is 1.77 bits per heavy atom. The minimum atomic E-state index is 0.0216. The van der Waals surface area contributed by atoms with Crippen molar-refractivity contribution in [3.63, 3.8) is 0 Å². The molecular formula is C17H33N3O2. The number of hydrogen-bond donors (Lipinski definition) is 0. The standard InChI is InChI=1S/C17H33N3O2/c1-6-18(7-2)9-8-15(21)19-10-12-20(13-11-19)16(22)14-17(3,4)5/h6-14H2,1-5H3. The zero-order valence-corrected chi connectivity index (χ0v) is 15.0. The summed E-state index contributed by atoms with van der Waals surface area (Å²) >= 11 is 0. The van der Waals surface area contributed by atoms with Crippen LogP contribution in [0.3, 0.4) is 0 Å². The Labute approximate surface area is 135 Å². The molecule has 0 aromatic rings. The Bertz CT molecular complexity index is 365. The van der Waals surface area contributed by atoms with Gasteiger partial charge in [-0.25, -0.2) is 0 Å². The first kappa shape index (κ1) is 18.9. The summed E-state index contributed by atoms with van der Waals surface area (Å²) in [5, 5.41) is 0. The number of carbonyl (C=O) groups is 2. The van der Waals surface area contributed by atoms with Crippen molar-refractivity contribution in [3.05, 3.63) is 0 Å². The lowest BCUT2D eigenvalue weighted by atomic mass is 9.91. The first-order chi connectivity index (χ1) is 10.3. The summed E-state index contributed by atoms with van der Waals surface area (Å²) in [5.74, 6) is 0.428. The largest absolute Gasteiger partial charge is 0.339 e. The van der Waals surface area contributed by atoms with E-state index in [1.807, 2.05) is 9.80 Å². The normalized spacial score (nSPS) is 16.3. The molecule has 0 unspecified atom stereocenters. The average Bonchev–Trinajstić information content (AvgIpc) is 2.46. The molecule has 0 aromatic carbocycles. The number of nitrogens with zero attached hydrogens (tertiary/aromatic N) is 3.